The Balaban J connectivity index is 1.52. The fourth-order valence-electron chi connectivity index (χ4n) is 5.23. The van der Waals surface area contributed by atoms with E-state index in [-0.39, 0.29) is 11.6 Å². The Bertz CT molecular complexity index is 1250. The molecule has 1 N–H and O–H groups in total. The molecule has 1 unspecified atom stereocenters. The minimum Gasteiger partial charge on any atom is -0.344 e. The molecule has 0 bridgehead atoms. The van der Waals surface area contributed by atoms with Crippen LogP contribution in [0.4, 0.5) is 13.2 Å². The number of halogens is 4. The molecule has 2 aromatic carbocycles. The van der Waals surface area contributed by atoms with Gasteiger partial charge in [0.1, 0.15) is 0 Å². The van der Waals surface area contributed by atoms with Crippen LogP contribution in [0.5, 0.6) is 0 Å². The standard InChI is InChI=1S/C27H28ClF3N4O/c1-34-16-19(15-32-34)17-6-4-7-18(14-17)25(23-10-2-3-13-35(23)20-11-12-20)33-26(36)21-8-5-9-22(24(21)28)27(29,30)31/h4-9,14-16,20,23,25H,2-3,10-13H2,1H3,(H,33,36)/t23-,25?/m0/s1. The van der Waals surface area contributed by atoms with Crippen molar-refractivity contribution in [3.63, 3.8) is 0 Å². The van der Waals surface area contributed by atoms with Crippen LogP contribution in [0.1, 0.15) is 59.6 Å². The molecular weight excluding hydrogens is 489 g/mol. The van der Waals surface area contributed by atoms with Crippen molar-refractivity contribution < 1.29 is 18.0 Å². The number of rotatable bonds is 6. The highest BCUT2D eigenvalue weighted by molar-refractivity contribution is 6.34. The van der Waals surface area contributed by atoms with Crippen molar-refractivity contribution in [3.8, 4) is 11.1 Å². The first-order valence-electron chi connectivity index (χ1n) is 12.2. The van der Waals surface area contributed by atoms with Gasteiger partial charge in [0.2, 0.25) is 0 Å². The predicted octanol–water partition coefficient (Wildman–Crippen LogP) is 6.25. The Labute approximate surface area is 213 Å². The van der Waals surface area contributed by atoms with E-state index < -0.39 is 28.7 Å². The van der Waals surface area contributed by atoms with Gasteiger partial charge in [0, 0.05) is 30.9 Å². The largest absolute Gasteiger partial charge is 0.417 e. The highest BCUT2D eigenvalue weighted by atomic mass is 35.5. The second-order valence-electron chi connectivity index (χ2n) is 9.68. The molecule has 1 saturated heterocycles. The summed E-state index contributed by atoms with van der Waals surface area (Å²) in [5.74, 6) is -0.607. The monoisotopic (exact) mass is 516 g/mol. The number of hydrogen-bond donors (Lipinski definition) is 1. The average Bonchev–Trinajstić information content (AvgIpc) is 3.61. The fourth-order valence-corrected chi connectivity index (χ4v) is 5.55. The summed E-state index contributed by atoms with van der Waals surface area (Å²) in [6, 6.07) is 11.5. The number of benzene rings is 2. The van der Waals surface area contributed by atoms with Crippen LogP contribution in [-0.4, -0.2) is 39.2 Å². The summed E-state index contributed by atoms with van der Waals surface area (Å²) in [4.78, 5) is 15.9. The summed E-state index contributed by atoms with van der Waals surface area (Å²) in [5.41, 5.74) is 1.64. The number of carbonyl (C=O) groups is 1. The molecule has 2 atom stereocenters. The Morgan fingerprint density at radius 2 is 1.89 bits per heavy atom. The highest BCUT2D eigenvalue weighted by Gasteiger charge is 2.40. The zero-order valence-corrected chi connectivity index (χ0v) is 20.7. The van der Waals surface area contributed by atoms with Crippen molar-refractivity contribution >= 4 is 17.5 Å². The van der Waals surface area contributed by atoms with Gasteiger partial charge in [0.05, 0.1) is 28.4 Å². The van der Waals surface area contributed by atoms with Crippen molar-refractivity contribution in [3.05, 3.63) is 76.6 Å². The van der Waals surface area contributed by atoms with E-state index in [0.29, 0.717) is 6.04 Å². The quantitative estimate of drug-likeness (QED) is 0.421. The van der Waals surface area contributed by atoms with E-state index in [1.807, 2.05) is 37.5 Å². The Kier molecular flexibility index (Phi) is 6.83. The minimum absolute atomic E-state index is 0.0453. The lowest BCUT2D eigenvalue weighted by molar-refractivity contribution is -0.137. The predicted molar refractivity (Wildman–Crippen MR) is 133 cm³/mol. The first-order chi connectivity index (χ1) is 17.2. The van der Waals surface area contributed by atoms with E-state index in [4.69, 9.17) is 11.6 Å². The summed E-state index contributed by atoms with van der Waals surface area (Å²) in [6.07, 6.45) is 4.36. The number of piperidine rings is 1. The van der Waals surface area contributed by atoms with Crippen LogP contribution in [-0.2, 0) is 13.2 Å². The van der Waals surface area contributed by atoms with Gasteiger partial charge in [0.15, 0.2) is 0 Å². The van der Waals surface area contributed by atoms with Crippen LogP contribution in [0.15, 0.2) is 54.9 Å². The van der Waals surface area contributed by atoms with E-state index in [1.54, 1.807) is 10.9 Å². The maximum Gasteiger partial charge on any atom is 0.417 e. The molecule has 190 valence electrons. The smallest absolute Gasteiger partial charge is 0.344 e. The zero-order chi connectivity index (χ0) is 25.4. The second-order valence-corrected chi connectivity index (χ2v) is 10.1. The van der Waals surface area contributed by atoms with E-state index in [0.717, 1.165) is 61.4 Å². The Hall–Kier alpha value is -2.84. The van der Waals surface area contributed by atoms with E-state index in [9.17, 15) is 18.0 Å². The molecule has 3 aromatic rings. The van der Waals surface area contributed by atoms with Crippen molar-refractivity contribution in [1.82, 2.24) is 20.0 Å². The number of aromatic nitrogens is 2. The van der Waals surface area contributed by atoms with Gasteiger partial charge in [-0.3, -0.25) is 14.4 Å². The topological polar surface area (TPSA) is 50.2 Å². The van der Waals surface area contributed by atoms with Crippen molar-refractivity contribution in [2.75, 3.05) is 6.54 Å². The van der Waals surface area contributed by atoms with Crippen molar-refractivity contribution in [2.45, 2.75) is 56.4 Å². The molecule has 0 spiro atoms. The lowest BCUT2D eigenvalue weighted by atomic mass is 9.89. The van der Waals surface area contributed by atoms with E-state index in [2.05, 4.69) is 15.3 Å². The van der Waals surface area contributed by atoms with Gasteiger partial charge in [-0.1, -0.05) is 42.3 Å². The number of hydrogen-bond acceptors (Lipinski definition) is 3. The van der Waals surface area contributed by atoms with Gasteiger partial charge in [-0.25, -0.2) is 0 Å². The van der Waals surface area contributed by atoms with Crippen molar-refractivity contribution in [2.24, 2.45) is 7.05 Å². The van der Waals surface area contributed by atoms with Gasteiger partial charge in [0.25, 0.3) is 5.91 Å². The lowest BCUT2D eigenvalue weighted by Gasteiger charge is -2.41. The van der Waals surface area contributed by atoms with Crippen LogP contribution in [0.3, 0.4) is 0 Å². The van der Waals surface area contributed by atoms with Crippen LogP contribution in [0.25, 0.3) is 11.1 Å². The molecule has 2 fully saturated rings. The number of likely N-dealkylation sites (tertiary alicyclic amines) is 1. The number of nitrogens with zero attached hydrogens (tertiary/aromatic N) is 3. The molecular formula is C27H28ClF3N4O. The molecule has 1 aromatic heterocycles. The summed E-state index contributed by atoms with van der Waals surface area (Å²) in [6.45, 7) is 0.953. The fraction of sp³-hybridized carbons (Fsp3) is 0.407. The normalized spacial score (nSPS) is 19.8. The third-order valence-electron chi connectivity index (χ3n) is 7.11. The number of nitrogens with one attached hydrogen (secondary N) is 1. The molecule has 0 radical (unpaired) electrons. The molecule has 1 amide bonds. The van der Waals surface area contributed by atoms with Crippen LogP contribution >= 0.6 is 11.6 Å². The second kappa shape index (κ2) is 9.90. The molecule has 36 heavy (non-hydrogen) atoms. The number of amides is 1. The summed E-state index contributed by atoms with van der Waals surface area (Å²) < 4.78 is 42.0. The first kappa shape index (κ1) is 24.8. The number of alkyl halides is 3. The summed E-state index contributed by atoms with van der Waals surface area (Å²) in [5, 5.41) is 6.77. The van der Waals surface area contributed by atoms with Crippen molar-refractivity contribution in [1.29, 1.82) is 0 Å². The van der Waals surface area contributed by atoms with E-state index in [1.165, 1.54) is 12.1 Å². The maximum atomic E-state index is 13.4. The van der Waals surface area contributed by atoms with Crippen LogP contribution in [0, 0.1) is 0 Å². The van der Waals surface area contributed by atoms with Gasteiger partial charge in [-0.05, 0) is 61.6 Å². The van der Waals surface area contributed by atoms with Gasteiger partial charge in [-0.2, -0.15) is 18.3 Å². The van der Waals surface area contributed by atoms with Gasteiger partial charge in [-0.15, -0.1) is 0 Å². The summed E-state index contributed by atoms with van der Waals surface area (Å²) in [7, 11) is 1.85. The maximum absolute atomic E-state index is 13.4. The zero-order valence-electron chi connectivity index (χ0n) is 19.9. The molecule has 5 rings (SSSR count). The average molecular weight is 517 g/mol. The van der Waals surface area contributed by atoms with Crippen LogP contribution < -0.4 is 5.32 Å². The SMILES string of the molecule is Cn1cc(-c2cccc(C(NC(=O)c3cccc(C(F)(F)F)c3Cl)[C@@H]3CCCCN3C3CC3)c2)cn1. The molecule has 9 heteroatoms. The third-order valence-corrected chi connectivity index (χ3v) is 7.52. The molecule has 1 saturated carbocycles. The third kappa shape index (κ3) is 5.15. The van der Waals surface area contributed by atoms with Gasteiger partial charge >= 0.3 is 6.18 Å². The van der Waals surface area contributed by atoms with Gasteiger partial charge < -0.3 is 5.32 Å². The lowest BCUT2D eigenvalue weighted by Crippen LogP contribution is -2.49. The molecule has 2 heterocycles. The minimum atomic E-state index is -4.64. The molecule has 1 aliphatic carbocycles. The summed E-state index contributed by atoms with van der Waals surface area (Å²) >= 11 is 6.10. The molecule has 2 aliphatic rings. The number of aryl methyl sites for hydroxylation is 1. The Morgan fingerprint density at radius 3 is 2.58 bits per heavy atom. The Morgan fingerprint density at radius 1 is 1.11 bits per heavy atom. The number of carbonyl (C=O) groups excluding carboxylic acids is 1. The molecule has 1 aliphatic heterocycles. The highest BCUT2D eigenvalue weighted by Crippen LogP contribution is 2.39. The first-order valence-corrected chi connectivity index (χ1v) is 12.6. The molecule has 5 nitrogen and oxygen atoms in total. The van der Waals surface area contributed by atoms with Crippen LogP contribution in [0.2, 0.25) is 5.02 Å². The van der Waals surface area contributed by atoms with E-state index >= 15 is 0 Å².